The van der Waals surface area contributed by atoms with Gasteiger partial charge in [0.25, 0.3) is 0 Å². The lowest BCUT2D eigenvalue weighted by molar-refractivity contribution is -0.138. The van der Waals surface area contributed by atoms with E-state index in [1.165, 1.54) is 18.8 Å². The Kier molecular flexibility index (Phi) is 4.31. The first-order chi connectivity index (χ1) is 10.5. The quantitative estimate of drug-likeness (QED) is 0.658. The van der Waals surface area contributed by atoms with E-state index in [2.05, 4.69) is 14.8 Å². The standard InChI is InChI=1S/C14H14N2O6/c1-16-10-6-8(4-5-11(10)22-14(16)19)15-9(13(18)21-3)7-12(17)20-2/h4-7,15H,1-3H3/b9-7+. The van der Waals surface area contributed by atoms with E-state index < -0.39 is 17.7 Å². The van der Waals surface area contributed by atoms with Crippen molar-refractivity contribution in [1.29, 1.82) is 0 Å². The van der Waals surface area contributed by atoms with Gasteiger partial charge in [0.15, 0.2) is 5.58 Å². The van der Waals surface area contributed by atoms with Crippen LogP contribution in [-0.2, 0) is 26.1 Å². The van der Waals surface area contributed by atoms with Gasteiger partial charge in [0.1, 0.15) is 5.70 Å². The molecular weight excluding hydrogens is 292 g/mol. The van der Waals surface area contributed by atoms with Crippen LogP contribution < -0.4 is 11.1 Å². The highest BCUT2D eigenvalue weighted by atomic mass is 16.5. The number of hydrogen-bond acceptors (Lipinski definition) is 7. The number of oxazole rings is 1. The average Bonchev–Trinajstić information content (AvgIpc) is 2.80. The zero-order valence-corrected chi connectivity index (χ0v) is 12.2. The summed E-state index contributed by atoms with van der Waals surface area (Å²) in [6.07, 6.45) is 0.977. The predicted octanol–water partition coefficient (Wildman–Crippen LogP) is 0.773. The largest absolute Gasteiger partial charge is 0.466 e. The van der Waals surface area contributed by atoms with Gasteiger partial charge in [-0.15, -0.1) is 0 Å². The van der Waals surface area contributed by atoms with Crippen molar-refractivity contribution in [1.82, 2.24) is 4.57 Å². The van der Waals surface area contributed by atoms with E-state index in [4.69, 9.17) is 4.42 Å². The van der Waals surface area contributed by atoms with Crippen LogP contribution in [0.15, 0.2) is 39.2 Å². The fourth-order valence-electron chi connectivity index (χ4n) is 1.79. The zero-order valence-electron chi connectivity index (χ0n) is 12.2. The molecule has 0 spiro atoms. The summed E-state index contributed by atoms with van der Waals surface area (Å²) in [5.74, 6) is -1.93. The normalized spacial score (nSPS) is 11.3. The summed E-state index contributed by atoms with van der Waals surface area (Å²) in [6, 6.07) is 4.78. The second kappa shape index (κ2) is 6.17. The summed E-state index contributed by atoms with van der Waals surface area (Å²) >= 11 is 0. The Bertz CT molecular complexity index is 814. The number of fused-ring (bicyclic) bond motifs is 1. The molecule has 0 bridgehead atoms. The van der Waals surface area contributed by atoms with Gasteiger partial charge in [0, 0.05) is 12.7 Å². The van der Waals surface area contributed by atoms with Crippen molar-refractivity contribution in [3.05, 3.63) is 40.5 Å². The molecule has 116 valence electrons. The molecule has 0 saturated carbocycles. The van der Waals surface area contributed by atoms with Crippen molar-refractivity contribution < 1.29 is 23.5 Å². The van der Waals surface area contributed by atoms with Gasteiger partial charge in [-0.25, -0.2) is 14.4 Å². The minimum Gasteiger partial charge on any atom is -0.466 e. The minimum atomic E-state index is -0.730. The Hall–Kier alpha value is -3.03. The molecule has 8 heteroatoms. The molecule has 2 rings (SSSR count). The molecule has 1 aromatic heterocycles. The monoisotopic (exact) mass is 306 g/mol. The number of benzene rings is 1. The third-order valence-electron chi connectivity index (χ3n) is 2.94. The third-order valence-corrected chi connectivity index (χ3v) is 2.94. The number of carbonyl (C=O) groups excluding carboxylic acids is 2. The smallest absolute Gasteiger partial charge is 0.419 e. The van der Waals surface area contributed by atoms with Crippen LogP contribution in [0.3, 0.4) is 0 Å². The molecule has 0 unspecified atom stereocenters. The van der Waals surface area contributed by atoms with Crippen molar-refractivity contribution in [2.45, 2.75) is 0 Å². The Morgan fingerprint density at radius 2 is 2.00 bits per heavy atom. The lowest BCUT2D eigenvalue weighted by atomic mass is 10.2. The number of esters is 2. The van der Waals surface area contributed by atoms with Crippen LogP contribution in [0.2, 0.25) is 0 Å². The molecule has 0 atom stereocenters. The molecule has 8 nitrogen and oxygen atoms in total. The number of carbonyl (C=O) groups is 2. The van der Waals surface area contributed by atoms with E-state index in [1.54, 1.807) is 25.2 Å². The minimum absolute atomic E-state index is 0.0952. The molecule has 0 aliphatic carbocycles. The first-order valence-corrected chi connectivity index (χ1v) is 6.21. The van der Waals surface area contributed by atoms with Crippen molar-refractivity contribution in [2.75, 3.05) is 19.5 Å². The Labute approximate surface area is 124 Å². The number of aromatic nitrogens is 1. The van der Waals surface area contributed by atoms with Crippen LogP contribution in [0.1, 0.15) is 0 Å². The molecule has 0 radical (unpaired) electrons. The molecule has 0 aliphatic heterocycles. The van der Waals surface area contributed by atoms with Crippen molar-refractivity contribution in [2.24, 2.45) is 7.05 Å². The number of methoxy groups -OCH3 is 2. The van der Waals surface area contributed by atoms with Gasteiger partial charge >= 0.3 is 17.7 Å². The van der Waals surface area contributed by atoms with Crippen LogP contribution in [0.5, 0.6) is 0 Å². The number of ether oxygens (including phenoxy) is 2. The molecule has 1 heterocycles. The number of hydrogen-bond donors (Lipinski definition) is 1. The summed E-state index contributed by atoms with van der Waals surface area (Å²) in [6.45, 7) is 0. The molecule has 22 heavy (non-hydrogen) atoms. The van der Waals surface area contributed by atoms with Crippen molar-refractivity contribution in [3.63, 3.8) is 0 Å². The summed E-state index contributed by atoms with van der Waals surface area (Å²) < 4.78 is 15.4. The zero-order chi connectivity index (χ0) is 16.3. The number of aryl methyl sites for hydroxylation is 1. The van der Waals surface area contributed by atoms with Gasteiger partial charge in [-0.3, -0.25) is 4.57 Å². The first-order valence-electron chi connectivity index (χ1n) is 6.21. The van der Waals surface area contributed by atoms with Crippen LogP contribution in [0, 0.1) is 0 Å². The maximum atomic E-state index is 11.7. The van der Waals surface area contributed by atoms with Gasteiger partial charge in [0.05, 0.1) is 25.8 Å². The molecule has 0 amide bonds. The molecule has 0 aliphatic rings. The van der Waals surface area contributed by atoms with Crippen LogP contribution >= 0.6 is 0 Å². The summed E-state index contributed by atoms with van der Waals surface area (Å²) in [7, 11) is 3.95. The highest BCUT2D eigenvalue weighted by Gasteiger charge is 2.14. The van der Waals surface area contributed by atoms with Gasteiger partial charge in [-0.1, -0.05) is 0 Å². The van der Waals surface area contributed by atoms with Crippen LogP contribution in [0.4, 0.5) is 5.69 Å². The van der Waals surface area contributed by atoms with E-state index in [1.807, 2.05) is 0 Å². The van der Waals surface area contributed by atoms with E-state index >= 15 is 0 Å². The second-order valence-electron chi connectivity index (χ2n) is 4.31. The third kappa shape index (κ3) is 3.00. The second-order valence-corrected chi connectivity index (χ2v) is 4.31. The topological polar surface area (TPSA) is 99.8 Å². The predicted molar refractivity (Wildman–Crippen MR) is 77.2 cm³/mol. The van der Waals surface area contributed by atoms with E-state index in [0.29, 0.717) is 16.8 Å². The molecule has 0 fully saturated rings. The van der Waals surface area contributed by atoms with Gasteiger partial charge in [-0.05, 0) is 18.2 Å². The average molecular weight is 306 g/mol. The number of nitrogens with one attached hydrogen (secondary N) is 1. The van der Waals surface area contributed by atoms with E-state index in [9.17, 15) is 14.4 Å². The maximum Gasteiger partial charge on any atom is 0.419 e. The molecule has 1 aromatic carbocycles. The lowest BCUT2D eigenvalue weighted by Gasteiger charge is -2.09. The summed E-state index contributed by atoms with van der Waals surface area (Å²) in [5, 5.41) is 2.75. The van der Waals surface area contributed by atoms with Crippen molar-refractivity contribution in [3.8, 4) is 0 Å². The highest BCUT2D eigenvalue weighted by Crippen LogP contribution is 2.19. The van der Waals surface area contributed by atoms with Gasteiger partial charge in [-0.2, -0.15) is 0 Å². The first kappa shape index (κ1) is 15.4. The molecule has 2 aromatic rings. The SMILES string of the molecule is COC(=O)/C=C(/Nc1ccc2oc(=O)n(C)c2c1)C(=O)OC. The summed E-state index contributed by atoms with van der Waals surface area (Å²) in [5.41, 5.74) is 1.33. The van der Waals surface area contributed by atoms with Gasteiger partial charge < -0.3 is 19.2 Å². The number of anilines is 1. The molecular formula is C14H14N2O6. The number of rotatable bonds is 4. The van der Waals surface area contributed by atoms with Gasteiger partial charge in [0.2, 0.25) is 0 Å². The molecule has 0 saturated heterocycles. The highest BCUT2D eigenvalue weighted by molar-refractivity contribution is 5.99. The Morgan fingerprint density at radius 1 is 1.27 bits per heavy atom. The number of nitrogens with zero attached hydrogens (tertiary/aromatic N) is 1. The van der Waals surface area contributed by atoms with E-state index in [0.717, 1.165) is 6.08 Å². The Balaban J connectivity index is 2.39. The fraction of sp³-hybridized carbons (Fsp3) is 0.214. The Morgan fingerprint density at radius 3 is 2.64 bits per heavy atom. The fourth-order valence-corrected chi connectivity index (χ4v) is 1.79. The van der Waals surface area contributed by atoms with Crippen LogP contribution in [-0.4, -0.2) is 30.7 Å². The van der Waals surface area contributed by atoms with E-state index in [-0.39, 0.29) is 5.70 Å². The lowest BCUT2D eigenvalue weighted by Crippen LogP contribution is -2.15. The summed E-state index contributed by atoms with van der Waals surface area (Å²) in [4.78, 5) is 34.4. The molecule has 1 N–H and O–H groups in total. The van der Waals surface area contributed by atoms with Crippen LogP contribution in [0.25, 0.3) is 11.1 Å². The maximum absolute atomic E-state index is 11.7. The van der Waals surface area contributed by atoms with Crippen molar-refractivity contribution >= 4 is 28.7 Å².